The van der Waals surface area contributed by atoms with Crippen LogP contribution in [0.1, 0.15) is 30.9 Å². The Morgan fingerprint density at radius 3 is 2.26 bits per heavy atom. The molecule has 0 aromatic heterocycles. The van der Waals surface area contributed by atoms with Crippen molar-refractivity contribution in [3.63, 3.8) is 0 Å². The molecule has 0 aliphatic heterocycles. The first kappa shape index (κ1) is 20.6. The molecule has 7 heteroatoms. The SMILES string of the molecule is Cc1cc(OCC(=O)NNC(=O)COc2ccccc2C(C)C)ccc1Cl. The summed E-state index contributed by atoms with van der Waals surface area (Å²) in [5.74, 6) is 0.489. The van der Waals surface area contributed by atoms with Crippen LogP contribution in [0.4, 0.5) is 0 Å². The van der Waals surface area contributed by atoms with Crippen LogP contribution in [0.25, 0.3) is 0 Å². The minimum atomic E-state index is -0.487. The summed E-state index contributed by atoms with van der Waals surface area (Å²) in [4.78, 5) is 23.6. The monoisotopic (exact) mass is 390 g/mol. The molecule has 0 saturated heterocycles. The zero-order valence-electron chi connectivity index (χ0n) is 15.5. The summed E-state index contributed by atoms with van der Waals surface area (Å²) < 4.78 is 10.9. The predicted molar refractivity (Wildman–Crippen MR) is 104 cm³/mol. The number of para-hydroxylation sites is 1. The van der Waals surface area contributed by atoms with Crippen molar-refractivity contribution in [2.45, 2.75) is 26.7 Å². The fourth-order valence-electron chi connectivity index (χ4n) is 2.30. The summed E-state index contributed by atoms with van der Waals surface area (Å²) in [7, 11) is 0. The Labute approximate surface area is 163 Å². The molecule has 2 rings (SSSR count). The highest BCUT2D eigenvalue weighted by Gasteiger charge is 2.10. The number of halogens is 1. The number of hydrogen-bond donors (Lipinski definition) is 2. The van der Waals surface area contributed by atoms with E-state index in [4.69, 9.17) is 21.1 Å². The standard InChI is InChI=1S/C20H23ClN2O4/c1-13(2)16-6-4-5-7-18(16)27-12-20(25)23-22-19(24)11-26-15-8-9-17(21)14(3)10-15/h4-10,13H,11-12H2,1-3H3,(H,22,24)(H,23,25). The zero-order valence-corrected chi connectivity index (χ0v) is 16.3. The maximum atomic E-state index is 11.9. The van der Waals surface area contributed by atoms with E-state index >= 15 is 0 Å². The third-order valence-corrected chi connectivity index (χ3v) is 4.16. The fraction of sp³-hybridized carbons (Fsp3) is 0.300. The number of hydrazine groups is 1. The van der Waals surface area contributed by atoms with Crippen LogP contribution >= 0.6 is 11.6 Å². The summed E-state index contributed by atoms with van der Waals surface area (Å²) in [6.45, 7) is 5.49. The predicted octanol–water partition coefficient (Wildman–Crippen LogP) is 3.38. The number of amides is 2. The Morgan fingerprint density at radius 2 is 1.63 bits per heavy atom. The molecule has 0 radical (unpaired) electrons. The molecule has 0 spiro atoms. The van der Waals surface area contributed by atoms with Gasteiger partial charge in [0.1, 0.15) is 11.5 Å². The average Bonchev–Trinajstić information content (AvgIpc) is 2.65. The highest BCUT2D eigenvalue weighted by Crippen LogP contribution is 2.25. The largest absolute Gasteiger partial charge is 0.484 e. The lowest BCUT2D eigenvalue weighted by atomic mass is 10.0. The van der Waals surface area contributed by atoms with Gasteiger partial charge < -0.3 is 9.47 Å². The third-order valence-electron chi connectivity index (χ3n) is 3.74. The summed E-state index contributed by atoms with van der Waals surface area (Å²) in [6.07, 6.45) is 0. The molecule has 0 aliphatic rings. The smallest absolute Gasteiger partial charge is 0.276 e. The van der Waals surface area contributed by atoms with Gasteiger partial charge in [0.2, 0.25) is 0 Å². The molecule has 0 atom stereocenters. The van der Waals surface area contributed by atoms with Crippen LogP contribution < -0.4 is 20.3 Å². The minimum absolute atomic E-state index is 0.207. The average molecular weight is 391 g/mol. The molecule has 0 heterocycles. The van der Waals surface area contributed by atoms with Crippen molar-refractivity contribution in [3.8, 4) is 11.5 Å². The van der Waals surface area contributed by atoms with E-state index in [9.17, 15) is 9.59 Å². The Hall–Kier alpha value is -2.73. The molecular formula is C20H23ClN2O4. The summed E-state index contributed by atoms with van der Waals surface area (Å²) in [6, 6.07) is 12.6. The second-order valence-corrected chi connectivity index (χ2v) is 6.68. The van der Waals surface area contributed by atoms with E-state index in [1.165, 1.54) is 0 Å². The van der Waals surface area contributed by atoms with Crippen LogP contribution in [0.2, 0.25) is 5.02 Å². The second kappa shape index (κ2) is 9.83. The molecule has 0 saturated carbocycles. The van der Waals surface area contributed by atoms with Gasteiger partial charge in [0, 0.05) is 5.02 Å². The Morgan fingerprint density at radius 1 is 1.00 bits per heavy atom. The maximum Gasteiger partial charge on any atom is 0.276 e. The van der Waals surface area contributed by atoms with Crippen molar-refractivity contribution >= 4 is 23.4 Å². The van der Waals surface area contributed by atoms with Crippen molar-refractivity contribution in [3.05, 3.63) is 58.6 Å². The van der Waals surface area contributed by atoms with Crippen LogP contribution in [0.15, 0.2) is 42.5 Å². The molecule has 0 fully saturated rings. The van der Waals surface area contributed by atoms with E-state index in [0.29, 0.717) is 16.5 Å². The van der Waals surface area contributed by atoms with Gasteiger partial charge in [-0.15, -0.1) is 0 Å². The summed E-state index contributed by atoms with van der Waals surface area (Å²) in [5.41, 5.74) is 6.44. The molecule has 6 nitrogen and oxygen atoms in total. The van der Waals surface area contributed by atoms with Crippen molar-refractivity contribution < 1.29 is 19.1 Å². The van der Waals surface area contributed by atoms with Crippen LogP contribution in [0.5, 0.6) is 11.5 Å². The number of carbonyl (C=O) groups excluding carboxylic acids is 2. The molecule has 0 bridgehead atoms. The molecule has 27 heavy (non-hydrogen) atoms. The second-order valence-electron chi connectivity index (χ2n) is 6.28. The van der Waals surface area contributed by atoms with E-state index < -0.39 is 11.8 Å². The number of ether oxygens (including phenoxy) is 2. The zero-order chi connectivity index (χ0) is 19.8. The van der Waals surface area contributed by atoms with Gasteiger partial charge in [-0.05, 0) is 48.2 Å². The first-order valence-corrected chi connectivity index (χ1v) is 8.93. The van der Waals surface area contributed by atoms with Gasteiger partial charge >= 0.3 is 0 Å². The molecule has 144 valence electrons. The lowest BCUT2D eigenvalue weighted by Gasteiger charge is -2.14. The third kappa shape index (κ3) is 6.49. The first-order chi connectivity index (χ1) is 12.9. The number of rotatable bonds is 7. The van der Waals surface area contributed by atoms with Crippen molar-refractivity contribution in [2.75, 3.05) is 13.2 Å². The minimum Gasteiger partial charge on any atom is -0.484 e. The maximum absolute atomic E-state index is 11.9. The lowest BCUT2D eigenvalue weighted by molar-refractivity contribution is -0.131. The molecule has 2 amide bonds. The first-order valence-electron chi connectivity index (χ1n) is 8.55. The molecule has 2 aromatic carbocycles. The van der Waals surface area contributed by atoms with Gasteiger partial charge in [0.15, 0.2) is 13.2 Å². The normalized spacial score (nSPS) is 10.4. The summed E-state index contributed by atoms with van der Waals surface area (Å²) >= 11 is 5.93. The Bertz CT molecular complexity index is 808. The van der Waals surface area contributed by atoms with Crippen LogP contribution in [0, 0.1) is 6.92 Å². The van der Waals surface area contributed by atoms with Crippen LogP contribution in [-0.2, 0) is 9.59 Å². The van der Waals surface area contributed by atoms with Crippen LogP contribution in [0.3, 0.4) is 0 Å². The highest BCUT2D eigenvalue weighted by molar-refractivity contribution is 6.31. The van der Waals surface area contributed by atoms with E-state index in [2.05, 4.69) is 10.9 Å². The number of nitrogens with one attached hydrogen (secondary N) is 2. The topological polar surface area (TPSA) is 76.7 Å². The van der Waals surface area contributed by atoms with Gasteiger partial charge in [-0.3, -0.25) is 20.4 Å². The molecule has 2 aromatic rings. The van der Waals surface area contributed by atoms with E-state index in [-0.39, 0.29) is 19.1 Å². The van der Waals surface area contributed by atoms with Crippen molar-refractivity contribution in [1.29, 1.82) is 0 Å². The van der Waals surface area contributed by atoms with Gasteiger partial charge in [0.05, 0.1) is 0 Å². The van der Waals surface area contributed by atoms with Gasteiger partial charge in [-0.25, -0.2) is 0 Å². The van der Waals surface area contributed by atoms with E-state index in [1.807, 2.05) is 45.0 Å². The fourth-order valence-corrected chi connectivity index (χ4v) is 2.42. The Balaban J connectivity index is 1.73. The number of hydrogen-bond acceptors (Lipinski definition) is 4. The van der Waals surface area contributed by atoms with Gasteiger partial charge in [-0.2, -0.15) is 0 Å². The van der Waals surface area contributed by atoms with Gasteiger partial charge in [0.25, 0.3) is 11.8 Å². The van der Waals surface area contributed by atoms with Crippen molar-refractivity contribution in [2.24, 2.45) is 0 Å². The number of aryl methyl sites for hydroxylation is 1. The van der Waals surface area contributed by atoms with Crippen LogP contribution in [-0.4, -0.2) is 25.0 Å². The number of carbonyl (C=O) groups is 2. The highest BCUT2D eigenvalue weighted by atomic mass is 35.5. The van der Waals surface area contributed by atoms with E-state index in [1.54, 1.807) is 18.2 Å². The lowest BCUT2D eigenvalue weighted by Crippen LogP contribution is -2.45. The number of benzene rings is 2. The quantitative estimate of drug-likeness (QED) is 0.710. The van der Waals surface area contributed by atoms with Gasteiger partial charge in [-0.1, -0.05) is 43.6 Å². The molecular weight excluding hydrogens is 368 g/mol. The molecule has 0 aliphatic carbocycles. The van der Waals surface area contributed by atoms with E-state index in [0.717, 1.165) is 11.1 Å². The molecule has 2 N–H and O–H groups in total. The summed E-state index contributed by atoms with van der Waals surface area (Å²) in [5, 5.41) is 0.623. The Kier molecular flexibility index (Phi) is 7.49. The van der Waals surface area contributed by atoms with Crippen molar-refractivity contribution in [1.82, 2.24) is 10.9 Å². The molecule has 0 unspecified atom stereocenters.